The van der Waals surface area contributed by atoms with Crippen LogP contribution in [0.3, 0.4) is 0 Å². The van der Waals surface area contributed by atoms with E-state index in [2.05, 4.69) is 29.1 Å². The maximum absolute atomic E-state index is 12.2. The third-order valence-electron chi connectivity index (χ3n) is 2.94. The van der Waals surface area contributed by atoms with Crippen LogP contribution >= 0.6 is 0 Å². The van der Waals surface area contributed by atoms with Gasteiger partial charge in [0.1, 0.15) is 12.3 Å². The number of hydrogen-bond acceptors (Lipinski definition) is 3. The third-order valence-corrected chi connectivity index (χ3v) is 2.94. The lowest BCUT2D eigenvalue weighted by Crippen LogP contribution is -2.33. The lowest BCUT2D eigenvalue weighted by molar-refractivity contribution is 0.0932. The highest BCUT2D eigenvalue weighted by molar-refractivity contribution is 5.94. The van der Waals surface area contributed by atoms with Gasteiger partial charge in [-0.3, -0.25) is 4.79 Å². The number of aliphatic hydroxyl groups is 1. The normalized spacial score (nSPS) is 11.3. The number of pyridine rings is 1. The average molecular weight is 274 g/mol. The molecule has 0 fully saturated rings. The van der Waals surface area contributed by atoms with E-state index in [4.69, 9.17) is 5.11 Å². The molecule has 0 saturated heterocycles. The van der Waals surface area contributed by atoms with Crippen LogP contribution in [0.2, 0.25) is 0 Å². The molecule has 1 amide bonds. The van der Waals surface area contributed by atoms with Crippen molar-refractivity contribution in [3.05, 3.63) is 29.6 Å². The molecule has 0 aliphatic heterocycles. The fourth-order valence-corrected chi connectivity index (χ4v) is 1.89. The van der Waals surface area contributed by atoms with E-state index >= 15 is 0 Å². The van der Waals surface area contributed by atoms with Crippen LogP contribution in [0.25, 0.3) is 0 Å². The first-order valence-corrected chi connectivity index (χ1v) is 7.04. The highest BCUT2D eigenvalue weighted by Crippen LogP contribution is 2.07. The summed E-state index contributed by atoms with van der Waals surface area (Å²) in [6.45, 7) is 3.92. The monoisotopic (exact) mass is 274 g/mol. The van der Waals surface area contributed by atoms with Gasteiger partial charge in [0, 0.05) is 12.2 Å². The minimum atomic E-state index is -0.233. The number of hydrogen-bond donors (Lipinski definition) is 2. The van der Waals surface area contributed by atoms with Crippen LogP contribution < -0.4 is 5.32 Å². The summed E-state index contributed by atoms with van der Waals surface area (Å²) in [7, 11) is 0. The van der Waals surface area contributed by atoms with Crippen molar-refractivity contribution < 1.29 is 9.90 Å². The van der Waals surface area contributed by atoms with E-state index in [1.807, 2.05) is 6.92 Å². The SMILES string of the molecule is CCCCCC(C)NC(=O)c1ncccc1C#CCO. The van der Waals surface area contributed by atoms with Crippen LogP contribution in [0, 0.1) is 11.8 Å². The van der Waals surface area contributed by atoms with Crippen molar-refractivity contribution in [1.82, 2.24) is 10.3 Å². The molecule has 0 spiro atoms. The minimum Gasteiger partial charge on any atom is -0.384 e. The quantitative estimate of drug-likeness (QED) is 0.617. The van der Waals surface area contributed by atoms with Gasteiger partial charge in [0.2, 0.25) is 0 Å². The molecule has 1 rings (SSSR count). The second-order valence-corrected chi connectivity index (χ2v) is 4.73. The van der Waals surface area contributed by atoms with Crippen molar-refractivity contribution in [2.24, 2.45) is 0 Å². The van der Waals surface area contributed by atoms with Gasteiger partial charge in [0.05, 0.1) is 5.56 Å². The second kappa shape index (κ2) is 9.11. The highest BCUT2D eigenvalue weighted by Gasteiger charge is 2.13. The Labute approximate surface area is 120 Å². The van der Waals surface area contributed by atoms with E-state index in [9.17, 15) is 4.79 Å². The molecule has 20 heavy (non-hydrogen) atoms. The van der Waals surface area contributed by atoms with Crippen LogP contribution in [0.15, 0.2) is 18.3 Å². The van der Waals surface area contributed by atoms with Gasteiger partial charge in [0.15, 0.2) is 0 Å². The Morgan fingerprint density at radius 1 is 1.50 bits per heavy atom. The smallest absolute Gasteiger partial charge is 0.271 e. The van der Waals surface area contributed by atoms with Crippen LogP contribution in [-0.4, -0.2) is 28.6 Å². The number of nitrogens with one attached hydrogen (secondary N) is 1. The molecule has 108 valence electrons. The number of rotatable bonds is 6. The Bertz CT molecular complexity index is 489. The Kier molecular flexibility index (Phi) is 7.38. The van der Waals surface area contributed by atoms with Crippen molar-refractivity contribution in [2.75, 3.05) is 6.61 Å². The van der Waals surface area contributed by atoms with Crippen LogP contribution in [-0.2, 0) is 0 Å². The second-order valence-electron chi connectivity index (χ2n) is 4.73. The lowest BCUT2D eigenvalue weighted by Gasteiger charge is -2.13. The number of carbonyl (C=O) groups is 1. The number of unbranched alkanes of at least 4 members (excludes halogenated alkanes) is 2. The largest absolute Gasteiger partial charge is 0.384 e. The van der Waals surface area contributed by atoms with Crippen molar-refractivity contribution >= 4 is 5.91 Å². The predicted octanol–water partition coefficient (Wildman–Crippen LogP) is 2.12. The van der Waals surface area contributed by atoms with E-state index in [1.165, 1.54) is 12.8 Å². The number of amides is 1. The molecule has 4 nitrogen and oxygen atoms in total. The summed E-state index contributed by atoms with van der Waals surface area (Å²) in [5.41, 5.74) is 0.857. The first kappa shape index (κ1) is 16.2. The molecule has 1 atom stereocenters. The average Bonchev–Trinajstić information content (AvgIpc) is 2.45. The summed E-state index contributed by atoms with van der Waals surface area (Å²) in [6, 6.07) is 3.57. The molecule has 0 bridgehead atoms. The lowest BCUT2D eigenvalue weighted by atomic mass is 10.1. The van der Waals surface area contributed by atoms with E-state index in [0.29, 0.717) is 11.3 Å². The standard InChI is InChI=1S/C16H22N2O2/c1-3-4-5-8-13(2)18-16(20)15-14(10-7-12-19)9-6-11-17-15/h6,9,11,13,19H,3-5,8,12H2,1-2H3,(H,18,20). The van der Waals surface area contributed by atoms with Gasteiger partial charge in [-0.1, -0.05) is 38.0 Å². The molecule has 0 aromatic carbocycles. The fourth-order valence-electron chi connectivity index (χ4n) is 1.89. The van der Waals surface area contributed by atoms with Gasteiger partial charge in [0.25, 0.3) is 5.91 Å². The van der Waals surface area contributed by atoms with Crippen molar-refractivity contribution in [3.63, 3.8) is 0 Å². The zero-order valence-corrected chi connectivity index (χ0v) is 12.1. The maximum Gasteiger partial charge on any atom is 0.271 e. The van der Waals surface area contributed by atoms with E-state index in [0.717, 1.165) is 12.8 Å². The van der Waals surface area contributed by atoms with Gasteiger partial charge in [-0.2, -0.15) is 0 Å². The van der Waals surface area contributed by atoms with Crippen molar-refractivity contribution in [1.29, 1.82) is 0 Å². The number of aromatic nitrogens is 1. The zero-order chi connectivity index (χ0) is 14.8. The summed E-state index contributed by atoms with van der Waals surface area (Å²) in [4.78, 5) is 16.3. The molecule has 0 aliphatic carbocycles. The summed E-state index contributed by atoms with van der Waals surface area (Å²) in [5, 5.41) is 11.7. The number of aliphatic hydroxyl groups excluding tert-OH is 1. The Balaban J connectivity index is 2.67. The summed E-state index contributed by atoms with van der Waals surface area (Å²) < 4.78 is 0. The predicted molar refractivity (Wildman–Crippen MR) is 79.3 cm³/mol. The minimum absolute atomic E-state index is 0.120. The summed E-state index contributed by atoms with van der Waals surface area (Å²) >= 11 is 0. The topological polar surface area (TPSA) is 62.2 Å². The first-order chi connectivity index (χ1) is 9.69. The molecule has 1 aromatic rings. The summed E-state index contributed by atoms with van der Waals surface area (Å²) in [6.07, 6.45) is 5.99. The van der Waals surface area contributed by atoms with Gasteiger partial charge < -0.3 is 10.4 Å². The number of carbonyl (C=O) groups excluding carboxylic acids is 1. The zero-order valence-electron chi connectivity index (χ0n) is 12.1. The van der Waals surface area contributed by atoms with E-state index in [1.54, 1.807) is 18.3 Å². The molecule has 1 unspecified atom stereocenters. The molecular weight excluding hydrogens is 252 g/mol. The fraction of sp³-hybridized carbons (Fsp3) is 0.500. The first-order valence-electron chi connectivity index (χ1n) is 7.04. The van der Waals surface area contributed by atoms with Gasteiger partial charge >= 0.3 is 0 Å². The molecule has 1 aromatic heterocycles. The molecule has 0 radical (unpaired) electrons. The Hall–Kier alpha value is -1.86. The van der Waals surface area contributed by atoms with E-state index < -0.39 is 0 Å². The molecule has 1 heterocycles. The van der Waals surface area contributed by atoms with Crippen molar-refractivity contribution in [3.8, 4) is 11.8 Å². The Morgan fingerprint density at radius 2 is 2.30 bits per heavy atom. The van der Waals surface area contributed by atoms with Crippen LogP contribution in [0.1, 0.15) is 55.6 Å². The molecule has 0 saturated carbocycles. The molecular formula is C16H22N2O2. The van der Waals surface area contributed by atoms with Crippen LogP contribution in [0.4, 0.5) is 0 Å². The molecule has 2 N–H and O–H groups in total. The van der Waals surface area contributed by atoms with Gasteiger partial charge in [-0.05, 0) is 25.5 Å². The molecule has 4 heteroatoms. The van der Waals surface area contributed by atoms with E-state index in [-0.39, 0.29) is 18.6 Å². The Morgan fingerprint density at radius 3 is 3.00 bits per heavy atom. The highest BCUT2D eigenvalue weighted by atomic mass is 16.2. The number of nitrogens with zero attached hydrogens (tertiary/aromatic N) is 1. The maximum atomic E-state index is 12.2. The molecule has 0 aliphatic rings. The third kappa shape index (κ3) is 5.41. The van der Waals surface area contributed by atoms with Gasteiger partial charge in [-0.15, -0.1) is 0 Å². The van der Waals surface area contributed by atoms with Crippen molar-refractivity contribution in [2.45, 2.75) is 45.6 Å². The van der Waals surface area contributed by atoms with Gasteiger partial charge in [-0.25, -0.2) is 4.98 Å². The van der Waals surface area contributed by atoms with Crippen LogP contribution in [0.5, 0.6) is 0 Å². The summed E-state index contributed by atoms with van der Waals surface area (Å²) in [5.74, 6) is 5.08.